The highest BCUT2D eigenvalue weighted by molar-refractivity contribution is 5.88. The van der Waals surface area contributed by atoms with Gasteiger partial charge in [-0.3, -0.25) is 4.79 Å². The van der Waals surface area contributed by atoms with Gasteiger partial charge in [-0.1, -0.05) is 63.5 Å². The van der Waals surface area contributed by atoms with Crippen LogP contribution in [0.15, 0.2) is 54.1 Å². The summed E-state index contributed by atoms with van der Waals surface area (Å²) in [6, 6.07) is 8.92. The summed E-state index contributed by atoms with van der Waals surface area (Å²) in [5.41, 5.74) is 1.71. The zero-order valence-electron chi connectivity index (χ0n) is 19.0. The SMILES string of the molecule is CC(C=CCCCCCCCOc1nc2ccccc2cc1F)=CC(=O)NCC(C)C. The number of halogens is 1. The number of allylic oxidation sites excluding steroid dienone is 3. The van der Waals surface area contributed by atoms with Gasteiger partial charge in [0.1, 0.15) is 0 Å². The van der Waals surface area contributed by atoms with Gasteiger partial charge in [0.2, 0.25) is 5.91 Å². The summed E-state index contributed by atoms with van der Waals surface area (Å²) in [5.74, 6) is 0.102. The standard InChI is InChI=1S/C26H35FN2O2/c1-20(2)19-28-25(30)17-21(3)13-9-7-5-4-6-8-12-16-31-26-23(27)18-22-14-10-11-15-24(22)29-26/h9-11,13-15,17-18,20H,4-8,12,16,19H2,1-3H3,(H,28,30). The highest BCUT2D eigenvalue weighted by Gasteiger charge is 2.07. The Morgan fingerprint density at radius 2 is 1.90 bits per heavy atom. The molecule has 0 aliphatic rings. The number of benzene rings is 1. The molecule has 0 aliphatic carbocycles. The highest BCUT2D eigenvalue weighted by Crippen LogP contribution is 2.21. The number of carbonyl (C=O) groups excluding carboxylic acids is 1. The van der Waals surface area contributed by atoms with Crippen LogP contribution in [0.1, 0.15) is 59.3 Å². The lowest BCUT2D eigenvalue weighted by Crippen LogP contribution is -2.25. The number of unbranched alkanes of at least 4 members (excludes halogenated alkanes) is 5. The van der Waals surface area contributed by atoms with Crippen molar-refractivity contribution >= 4 is 16.8 Å². The predicted octanol–water partition coefficient (Wildman–Crippen LogP) is 6.37. The first-order valence-corrected chi connectivity index (χ1v) is 11.3. The second-order valence-electron chi connectivity index (χ2n) is 8.30. The second-order valence-corrected chi connectivity index (χ2v) is 8.30. The number of fused-ring (bicyclic) bond motifs is 1. The molecule has 1 aromatic heterocycles. The number of hydrogen-bond donors (Lipinski definition) is 1. The van der Waals surface area contributed by atoms with Crippen LogP contribution in [0.2, 0.25) is 0 Å². The quantitative estimate of drug-likeness (QED) is 0.230. The number of pyridine rings is 1. The molecule has 1 amide bonds. The van der Waals surface area contributed by atoms with Crippen LogP contribution in [0.5, 0.6) is 5.88 Å². The summed E-state index contributed by atoms with van der Waals surface area (Å²) in [4.78, 5) is 16.0. The first kappa shape index (κ1) is 24.6. The fourth-order valence-electron chi connectivity index (χ4n) is 3.12. The van der Waals surface area contributed by atoms with Crippen LogP contribution >= 0.6 is 0 Å². The summed E-state index contributed by atoms with van der Waals surface area (Å²) >= 11 is 0. The number of para-hydroxylation sites is 1. The van der Waals surface area contributed by atoms with Crippen molar-refractivity contribution in [2.24, 2.45) is 5.92 Å². The molecule has 0 saturated heterocycles. The molecule has 1 heterocycles. The normalized spacial score (nSPS) is 12.1. The first-order chi connectivity index (χ1) is 15.0. The molecule has 1 aromatic carbocycles. The van der Waals surface area contributed by atoms with E-state index in [9.17, 15) is 9.18 Å². The van der Waals surface area contributed by atoms with Gasteiger partial charge in [0.15, 0.2) is 5.82 Å². The van der Waals surface area contributed by atoms with Gasteiger partial charge in [0.25, 0.3) is 5.88 Å². The Bertz CT molecular complexity index is 890. The van der Waals surface area contributed by atoms with Gasteiger partial charge in [-0.25, -0.2) is 9.37 Å². The largest absolute Gasteiger partial charge is 0.476 e. The van der Waals surface area contributed by atoms with Gasteiger partial charge in [-0.2, -0.15) is 0 Å². The molecule has 168 valence electrons. The van der Waals surface area contributed by atoms with Gasteiger partial charge >= 0.3 is 0 Å². The number of ether oxygens (including phenoxy) is 1. The summed E-state index contributed by atoms with van der Waals surface area (Å²) in [7, 11) is 0. The van der Waals surface area contributed by atoms with Crippen molar-refractivity contribution in [3.63, 3.8) is 0 Å². The third-order valence-corrected chi connectivity index (χ3v) is 4.82. The number of carbonyl (C=O) groups is 1. The minimum absolute atomic E-state index is 0.0307. The molecule has 5 heteroatoms. The maximum atomic E-state index is 14.0. The van der Waals surface area contributed by atoms with Crippen LogP contribution in [0.4, 0.5) is 4.39 Å². The van der Waals surface area contributed by atoms with E-state index in [0.29, 0.717) is 19.1 Å². The fraction of sp³-hybridized carbons (Fsp3) is 0.462. The number of amides is 1. The number of hydrogen-bond acceptors (Lipinski definition) is 3. The number of rotatable bonds is 13. The monoisotopic (exact) mass is 426 g/mol. The van der Waals surface area contributed by atoms with Crippen LogP contribution < -0.4 is 10.1 Å². The number of aromatic nitrogens is 1. The van der Waals surface area contributed by atoms with Gasteiger partial charge in [-0.05, 0) is 49.8 Å². The summed E-state index contributed by atoms with van der Waals surface area (Å²) in [6.45, 7) is 7.27. The molecule has 0 aliphatic heterocycles. The Kier molecular flexibility index (Phi) is 10.8. The molecule has 2 aromatic rings. The lowest BCUT2D eigenvalue weighted by Gasteiger charge is -2.07. The Morgan fingerprint density at radius 3 is 2.71 bits per heavy atom. The lowest BCUT2D eigenvalue weighted by molar-refractivity contribution is -0.116. The molecule has 0 fully saturated rings. The highest BCUT2D eigenvalue weighted by atomic mass is 19.1. The molecule has 1 N–H and O–H groups in total. The van der Waals surface area contributed by atoms with E-state index in [1.165, 1.54) is 6.07 Å². The molecule has 0 saturated carbocycles. The van der Waals surface area contributed by atoms with Crippen LogP contribution in [0.25, 0.3) is 10.9 Å². The topological polar surface area (TPSA) is 51.2 Å². The third kappa shape index (κ3) is 9.77. The first-order valence-electron chi connectivity index (χ1n) is 11.3. The molecule has 0 bridgehead atoms. The number of nitrogens with zero attached hydrogens (tertiary/aromatic N) is 1. The number of nitrogens with one attached hydrogen (secondary N) is 1. The molecule has 0 radical (unpaired) electrons. The van der Waals surface area contributed by atoms with Crippen LogP contribution in [-0.4, -0.2) is 24.0 Å². The fourth-order valence-corrected chi connectivity index (χ4v) is 3.12. The molecule has 0 spiro atoms. The molecule has 0 atom stereocenters. The summed E-state index contributed by atoms with van der Waals surface area (Å²) < 4.78 is 19.6. The Hall–Kier alpha value is -2.69. The van der Waals surface area contributed by atoms with Crippen molar-refractivity contribution in [1.82, 2.24) is 10.3 Å². The van der Waals surface area contributed by atoms with E-state index in [4.69, 9.17) is 4.74 Å². The van der Waals surface area contributed by atoms with Crippen molar-refractivity contribution < 1.29 is 13.9 Å². The third-order valence-electron chi connectivity index (χ3n) is 4.82. The zero-order valence-corrected chi connectivity index (χ0v) is 19.0. The van der Waals surface area contributed by atoms with Crippen LogP contribution in [0.3, 0.4) is 0 Å². The maximum Gasteiger partial charge on any atom is 0.250 e. The smallest absolute Gasteiger partial charge is 0.250 e. The van der Waals surface area contributed by atoms with Crippen molar-refractivity contribution in [3.05, 3.63) is 60.0 Å². The summed E-state index contributed by atoms with van der Waals surface area (Å²) in [5, 5.41) is 3.66. The average molecular weight is 427 g/mol. The molecular formula is C26H35FN2O2. The molecule has 0 unspecified atom stereocenters. The van der Waals surface area contributed by atoms with E-state index in [2.05, 4.69) is 30.2 Å². The molecular weight excluding hydrogens is 391 g/mol. The lowest BCUT2D eigenvalue weighted by atomic mass is 10.1. The Balaban J connectivity index is 1.54. The second kappa shape index (κ2) is 13.6. The maximum absolute atomic E-state index is 14.0. The van der Waals surface area contributed by atoms with E-state index in [1.54, 1.807) is 6.08 Å². The molecule has 2 rings (SSSR count). The van der Waals surface area contributed by atoms with E-state index in [-0.39, 0.29) is 11.8 Å². The minimum atomic E-state index is -0.410. The van der Waals surface area contributed by atoms with Crippen LogP contribution in [-0.2, 0) is 4.79 Å². The molecule has 31 heavy (non-hydrogen) atoms. The van der Waals surface area contributed by atoms with Crippen molar-refractivity contribution in [2.45, 2.75) is 59.3 Å². The van der Waals surface area contributed by atoms with E-state index in [1.807, 2.05) is 37.3 Å². The van der Waals surface area contributed by atoms with E-state index < -0.39 is 5.82 Å². The minimum Gasteiger partial charge on any atom is -0.476 e. The van der Waals surface area contributed by atoms with Gasteiger partial charge in [-0.15, -0.1) is 0 Å². The zero-order chi connectivity index (χ0) is 22.5. The Morgan fingerprint density at radius 1 is 1.16 bits per heavy atom. The Labute approximate surface area is 185 Å². The van der Waals surface area contributed by atoms with Gasteiger partial charge < -0.3 is 10.1 Å². The van der Waals surface area contributed by atoms with E-state index >= 15 is 0 Å². The van der Waals surface area contributed by atoms with Crippen molar-refractivity contribution in [3.8, 4) is 5.88 Å². The van der Waals surface area contributed by atoms with Gasteiger partial charge in [0.05, 0.1) is 12.1 Å². The molecule has 4 nitrogen and oxygen atoms in total. The van der Waals surface area contributed by atoms with Crippen LogP contribution in [0, 0.1) is 11.7 Å². The average Bonchev–Trinajstić information content (AvgIpc) is 2.73. The van der Waals surface area contributed by atoms with E-state index in [0.717, 1.165) is 55.0 Å². The predicted molar refractivity (Wildman–Crippen MR) is 126 cm³/mol. The van der Waals surface area contributed by atoms with Crippen molar-refractivity contribution in [1.29, 1.82) is 0 Å². The van der Waals surface area contributed by atoms with Gasteiger partial charge in [0, 0.05) is 18.0 Å². The van der Waals surface area contributed by atoms with Crippen molar-refractivity contribution in [2.75, 3.05) is 13.2 Å². The summed E-state index contributed by atoms with van der Waals surface area (Å²) in [6.07, 6.45) is 12.1.